The number of aliphatic hydroxyl groups is 1. The molecule has 1 aromatic rings. The third kappa shape index (κ3) is 4.21. The largest absolute Gasteiger partial charge is 0.497 e. The molecule has 5 heteroatoms. The number of nitrogens with zero attached hydrogens (tertiary/aromatic N) is 1. The molecule has 0 saturated carbocycles. The van der Waals surface area contributed by atoms with Gasteiger partial charge in [0, 0.05) is 18.8 Å². The van der Waals surface area contributed by atoms with Crippen molar-refractivity contribution in [1.82, 2.24) is 4.90 Å². The SMILES string of the molecule is COc1ccc(NC(=O)CN2CCC(C)(O)CC2)cc1. The van der Waals surface area contributed by atoms with Gasteiger partial charge in [0.25, 0.3) is 0 Å². The van der Waals surface area contributed by atoms with Crippen molar-refractivity contribution in [3.05, 3.63) is 24.3 Å². The van der Waals surface area contributed by atoms with Crippen molar-refractivity contribution in [2.24, 2.45) is 0 Å². The molecule has 1 aliphatic rings. The molecule has 0 unspecified atom stereocenters. The lowest BCUT2D eigenvalue weighted by atomic mass is 9.94. The summed E-state index contributed by atoms with van der Waals surface area (Å²) in [5.74, 6) is 0.734. The van der Waals surface area contributed by atoms with Crippen LogP contribution in [0, 0.1) is 0 Å². The Morgan fingerprint density at radius 2 is 1.95 bits per heavy atom. The van der Waals surface area contributed by atoms with Gasteiger partial charge in [-0.15, -0.1) is 0 Å². The lowest BCUT2D eigenvalue weighted by molar-refractivity contribution is -0.118. The number of anilines is 1. The predicted octanol–water partition coefficient (Wildman–Crippen LogP) is 1.48. The van der Waals surface area contributed by atoms with Crippen LogP contribution >= 0.6 is 0 Å². The Hall–Kier alpha value is -1.59. The molecule has 1 heterocycles. The van der Waals surface area contributed by atoms with E-state index in [2.05, 4.69) is 10.2 Å². The number of likely N-dealkylation sites (tertiary alicyclic amines) is 1. The Morgan fingerprint density at radius 1 is 1.35 bits per heavy atom. The Labute approximate surface area is 119 Å². The molecule has 1 saturated heterocycles. The molecule has 1 aliphatic heterocycles. The van der Waals surface area contributed by atoms with Crippen molar-refractivity contribution in [3.63, 3.8) is 0 Å². The second-order valence-electron chi connectivity index (χ2n) is 5.55. The molecule has 20 heavy (non-hydrogen) atoms. The first-order chi connectivity index (χ1) is 9.48. The summed E-state index contributed by atoms with van der Waals surface area (Å²) in [6, 6.07) is 7.26. The van der Waals surface area contributed by atoms with Crippen LogP contribution in [0.5, 0.6) is 5.75 Å². The van der Waals surface area contributed by atoms with Crippen molar-refractivity contribution in [2.45, 2.75) is 25.4 Å². The molecule has 0 atom stereocenters. The molecular formula is C15H22N2O3. The average molecular weight is 278 g/mol. The molecule has 2 N–H and O–H groups in total. The molecule has 2 rings (SSSR count). The second-order valence-corrected chi connectivity index (χ2v) is 5.55. The van der Waals surface area contributed by atoms with Crippen LogP contribution in [0.25, 0.3) is 0 Å². The third-order valence-corrected chi connectivity index (χ3v) is 3.67. The molecule has 1 aromatic carbocycles. The minimum atomic E-state index is -0.580. The van der Waals surface area contributed by atoms with E-state index in [9.17, 15) is 9.90 Å². The van der Waals surface area contributed by atoms with E-state index in [1.165, 1.54) is 0 Å². The Morgan fingerprint density at radius 3 is 2.50 bits per heavy atom. The molecule has 0 radical (unpaired) electrons. The first-order valence-electron chi connectivity index (χ1n) is 6.87. The number of nitrogens with one attached hydrogen (secondary N) is 1. The summed E-state index contributed by atoms with van der Waals surface area (Å²) in [7, 11) is 1.61. The normalized spacial score (nSPS) is 18.6. The molecular weight excluding hydrogens is 256 g/mol. The van der Waals surface area contributed by atoms with E-state index in [-0.39, 0.29) is 5.91 Å². The van der Waals surface area contributed by atoms with Crippen LogP contribution in [0.2, 0.25) is 0 Å². The Balaban J connectivity index is 1.80. The number of hydrogen-bond acceptors (Lipinski definition) is 4. The Kier molecular flexibility index (Phi) is 4.62. The molecule has 110 valence electrons. The van der Waals surface area contributed by atoms with Gasteiger partial charge in [-0.2, -0.15) is 0 Å². The maximum Gasteiger partial charge on any atom is 0.238 e. The van der Waals surface area contributed by atoms with E-state index in [0.29, 0.717) is 19.4 Å². The summed E-state index contributed by atoms with van der Waals surface area (Å²) >= 11 is 0. The van der Waals surface area contributed by atoms with Gasteiger partial charge in [-0.1, -0.05) is 0 Å². The standard InChI is InChI=1S/C15H22N2O3/c1-15(19)7-9-17(10-8-15)11-14(18)16-12-3-5-13(20-2)6-4-12/h3-6,19H,7-11H2,1-2H3,(H,16,18). The highest BCUT2D eigenvalue weighted by Gasteiger charge is 2.27. The number of amides is 1. The van der Waals surface area contributed by atoms with Gasteiger partial charge in [-0.25, -0.2) is 0 Å². The number of piperidine rings is 1. The summed E-state index contributed by atoms with van der Waals surface area (Å²) in [6.45, 7) is 3.72. The maximum absolute atomic E-state index is 11.9. The van der Waals surface area contributed by atoms with Gasteiger partial charge in [0.1, 0.15) is 5.75 Å². The van der Waals surface area contributed by atoms with E-state index in [4.69, 9.17) is 4.74 Å². The quantitative estimate of drug-likeness (QED) is 0.876. The fourth-order valence-corrected chi connectivity index (χ4v) is 2.27. The van der Waals surface area contributed by atoms with E-state index in [1.807, 2.05) is 31.2 Å². The fraction of sp³-hybridized carbons (Fsp3) is 0.533. The first-order valence-corrected chi connectivity index (χ1v) is 6.87. The van der Waals surface area contributed by atoms with Crippen LogP contribution in [-0.4, -0.2) is 48.3 Å². The highest BCUT2D eigenvalue weighted by atomic mass is 16.5. The lowest BCUT2D eigenvalue weighted by Crippen LogP contribution is -2.45. The second kappa shape index (κ2) is 6.24. The van der Waals surface area contributed by atoms with Gasteiger partial charge in [-0.3, -0.25) is 9.69 Å². The van der Waals surface area contributed by atoms with Gasteiger partial charge < -0.3 is 15.2 Å². The fourth-order valence-electron chi connectivity index (χ4n) is 2.27. The number of carbonyl (C=O) groups excluding carboxylic acids is 1. The smallest absolute Gasteiger partial charge is 0.238 e. The van der Waals surface area contributed by atoms with Gasteiger partial charge in [-0.05, 0) is 44.0 Å². The summed E-state index contributed by atoms with van der Waals surface area (Å²) in [5, 5.41) is 12.7. The highest BCUT2D eigenvalue weighted by Crippen LogP contribution is 2.21. The van der Waals surface area contributed by atoms with Crippen LogP contribution < -0.4 is 10.1 Å². The van der Waals surface area contributed by atoms with Crippen LogP contribution in [-0.2, 0) is 4.79 Å². The minimum absolute atomic E-state index is 0.0308. The van der Waals surface area contributed by atoms with Gasteiger partial charge in [0.15, 0.2) is 0 Å². The van der Waals surface area contributed by atoms with Crippen molar-refractivity contribution in [2.75, 3.05) is 32.1 Å². The topological polar surface area (TPSA) is 61.8 Å². The van der Waals surface area contributed by atoms with E-state index >= 15 is 0 Å². The van der Waals surface area contributed by atoms with Gasteiger partial charge in [0.2, 0.25) is 5.91 Å². The Bertz CT molecular complexity index is 447. The third-order valence-electron chi connectivity index (χ3n) is 3.67. The zero-order valence-corrected chi connectivity index (χ0v) is 12.1. The summed E-state index contributed by atoms with van der Waals surface area (Å²) < 4.78 is 5.07. The van der Waals surface area contributed by atoms with Crippen molar-refractivity contribution in [1.29, 1.82) is 0 Å². The number of rotatable bonds is 4. The first kappa shape index (κ1) is 14.8. The maximum atomic E-state index is 11.9. The molecule has 1 fully saturated rings. The number of carbonyl (C=O) groups is 1. The zero-order chi connectivity index (χ0) is 14.6. The van der Waals surface area contributed by atoms with Crippen molar-refractivity contribution >= 4 is 11.6 Å². The van der Waals surface area contributed by atoms with Crippen LogP contribution in [0.4, 0.5) is 5.69 Å². The van der Waals surface area contributed by atoms with Crippen LogP contribution in [0.1, 0.15) is 19.8 Å². The highest BCUT2D eigenvalue weighted by molar-refractivity contribution is 5.92. The van der Waals surface area contributed by atoms with E-state index < -0.39 is 5.60 Å². The van der Waals surface area contributed by atoms with Gasteiger partial charge in [0.05, 0.1) is 19.3 Å². The summed E-state index contributed by atoms with van der Waals surface area (Å²) in [4.78, 5) is 14.0. The van der Waals surface area contributed by atoms with E-state index in [1.54, 1.807) is 7.11 Å². The monoisotopic (exact) mass is 278 g/mol. The molecule has 5 nitrogen and oxygen atoms in total. The molecule has 0 aromatic heterocycles. The van der Waals surface area contributed by atoms with Crippen molar-refractivity contribution < 1.29 is 14.6 Å². The number of hydrogen-bond donors (Lipinski definition) is 2. The zero-order valence-electron chi connectivity index (χ0n) is 12.1. The number of benzene rings is 1. The molecule has 0 spiro atoms. The van der Waals surface area contributed by atoms with Crippen LogP contribution in [0.15, 0.2) is 24.3 Å². The lowest BCUT2D eigenvalue weighted by Gasteiger charge is -2.35. The molecule has 1 amide bonds. The average Bonchev–Trinajstić information content (AvgIpc) is 2.42. The van der Waals surface area contributed by atoms with Gasteiger partial charge >= 0.3 is 0 Å². The minimum Gasteiger partial charge on any atom is -0.497 e. The number of methoxy groups -OCH3 is 1. The van der Waals surface area contributed by atoms with Crippen LogP contribution in [0.3, 0.4) is 0 Å². The van der Waals surface area contributed by atoms with Crippen molar-refractivity contribution in [3.8, 4) is 5.75 Å². The van der Waals surface area contributed by atoms with E-state index in [0.717, 1.165) is 24.5 Å². The number of ether oxygens (including phenoxy) is 1. The molecule has 0 bridgehead atoms. The summed E-state index contributed by atoms with van der Waals surface area (Å²) in [5.41, 5.74) is 0.183. The predicted molar refractivity (Wildman–Crippen MR) is 77.9 cm³/mol. The summed E-state index contributed by atoms with van der Waals surface area (Å²) in [6.07, 6.45) is 1.42. The molecule has 0 aliphatic carbocycles.